The Morgan fingerprint density at radius 1 is 0.333 bits per heavy atom. The summed E-state index contributed by atoms with van der Waals surface area (Å²) in [5.41, 5.74) is 0. The molecular formula is C57H80O6. The maximum Gasteiger partial charge on any atom is 0.306 e. The summed E-state index contributed by atoms with van der Waals surface area (Å²) in [6.07, 6.45) is 74.6. The van der Waals surface area contributed by atoms with Gasteiger partial charge in [0, 0.05) is 19.3 Å². The van der Waals surface area contributed by atoms with E-state index in [-0.39, 0.29) is 44.4 Å². The number of ether oxygens (including phenoxy) is 3. The predicted octanol–water partition coefficient (Wildman–Crippen LogP) is 15.4. The Kier molecular flexibility index (Phi) is 44.9. The molecule has 0 aromatic carbocycles. The molecule has 0 aliphatic heterocycles. The van der Waals surface area contributed by atoms with E-state index >= 15 is 0 Å². The van der Waals surface area contributed by atoms with E-state index in [9.17, 15) is 14.4 Å². The lowest BCUT2D eigenvalue weighted by atomic mass is 10.1. The topological polar surface area (TPSA) is 78.9 Å². The zero-order valence-corrected chi connectivity index (χ0v) is 39.0. The normalized spacial score (nSPS) is 13.8. The zero-order chi connectivity index (χ0) is 45.8. The molecule has 0 spiro atoms. The molecule has 0 saturated heterocycles. The van der Waals surface area contributed by atoms with Crippen LogP contribution in [0.25, 0.3) is 0 Å². The fraction of sp³-hybridized carbons (Fsp3) is 0.421. The van der Waals surface area contributed by atoms with E-state index in [2.05, 4.69) is 99.8 Å². The number of esters is 3. The molecule has 0 saturated carbocycles. The van der Waals surface area contributed by atoms with Crippen molar-refractivity contribution in [3.05, 3.63) is 182 Å². The molecule has 0 amide bonds. The van der Waals surface area contributed by atoms with Crippen molar-refractivity contribution in [2.45, 2.75) is 142 Å². The first-order valence-electron chi connectivity index (χ1n) is 23.4. The first-order chi connectivity index (χ1) is 31.0. The highest BCUT2D eigenvalue weighted by Gasteiger charge is 2.19. The smallest absolute Gasteiger partial charge is 0.306 e. The fourth-order valence-electron chi connectivity index (χ4n) is 5.23. The molecule has 344 valence electrons. The molecule has 0 N–H and O–H groups in total. The van der Waals surface area contributed by atoms with Crippen LogP contribution in [0.3, 0.4) is 0 Å². The molecule has 0 aromatic rings. The van der Waals surface area contributed by atoms with Crippen LogP contribution in [0, 0.1) is 0 Å². The molecule has 0 bridgehead atoms. The second-order valence-corrected chi connectivity index (χ2v) is 14.4. The van der Waals surface area contributed by atoms with Gasteiger partial charge in [0.1, 0.15) is 13.2 Å². The average molecular weight is 861 g/mol. The van der Waals surface area contributed by atoms with E-state index in [1.165, 1.54) is 0 Å². The molecule has 0 heterocycles. The lowest BCUT2D eigenvalue weighted by molar-refractivity contribution is -0.167. The van der Waals surface area contributed by atoms with Gasteiger partial charge in [-0.25, -0.2) is 0 Å². The highest BCUT2D eigenvalue weighted by Crippen LogP contribution is 2.09. The second kappa shape index (κ2) is 49.2. The summed E-state index contributed by atoms with van der Waals surface area (Å²) in [5, 5.41) is 0. The van der Waals surface area contributed by atoms with Gasteiger partial charge in [-0.2, -0.15) is 0 Å². The van der Waals surface area contributed by atoms with Crippen LogP contribution in [0.5, 0.6) is 0 Å². The third kappa shape index (κ3) is 47.4. The molecule has 0 fully saturated rings. The Hall–Kier alpha value is -5.49. The van der Waals surface area contributed by atoms with Gasteiger partial charge in [-0.15, -0.1) is 0 Å². The van der Waals surface area contributed by atoms with Crippen LogP contribution in [-0.4, -0.2) is 37.2 Å². The van der Waals surface area contributed by atoms with E-state index in [0.29, 0.717) is 19.3 Å². The van der Waals surface area contributed by atoms with Crippen LogP contribution in [0.1, 0.15) is 136 Å². The Balaban J connectivity index is 4.72. The molecule has 0 rings (SSSR count). The van der Waals surface area contributed by atoms with Crippen molar-refractivity contribution in [3.8, 4) is 0 Å². The van der Waals surface area contributed by atoms with Crippen LogP contribution in [0.15, 0.2) is 182 Å². The van der Waals surface area contributed by atoms with E-state index in [4.69, 9.17) is 14.2 Å². The van der Waals surface area contributed by atoms with Crippen LogP contribution >= 0.6 is 0 Å². The lowest BCUT2D eigenvalue weighted by Crippen LogP contribution is -2.30. The van der Waals surface area contributed by atoms with Gasteiger partial charge in [-0.3, -0.25) is 14.4 Å². The minimum Gasteiger partial charge on any atom is -0.462 e. The van der Waals surface area contributed by atoms with Crippen LogP contribution in [0.4, 0.5) is 0 Å². The number of hydrogen-bond acceptors (Lipinski definition) is 6. The SMILES string of the molecule is CC\C=C/C=C\C=C/C=C\C=C/CCCCCC(=O)OC(COC(=O)CCC\C=C/C=C\C=C/C=C\C=C/CC)COC(=O)CCC/C=C\C/C=C\C/C=C\C/C=C\C/C=C\CC. The highest BCUT2D eigenvalue weighted by atomic mass is 16.6. The van der Waals surface area contributed by atoms with Gasteiger partial charge in [-0.1, -0.05) is 209 Å². The van der Waals surface area contributed by atoms with Crippen LogP contribution < -0.4 is 0 Å². The van der Waals surface area contributed by atoms with Crippen molar-refractivity contribution in [1.82, 2.24) is 0 Å². The first kappa shape index (κ1) is 57.5. The van der Waals surface area contributed by atoms with Crippen molar-refractivity contribution < 1.29 is 28.6 Å². The third-order valence-electron chi connectivity index (χ3n) is 8.64. The second-order valence-electron chi connectivity index (χ2n) is 14.4. The Bertz CT molecular complexity index is 1600. The van der Waals surface area contributed by atoms with Crippen LogP contribution in [-0.2, 0) is 28.6 Å². The minimum atomic E-state index is -0.862. The van der Waals surface area contributed by atoms with E-state index in [0.717, 1.165) is 77.0 Å². The Morgan fingerprint density at radius 2 is 0.667 bits per heavy atom. The van der Waals surface area contributed by atoms with Gasteiger partial charge in [-0.05, 0) is 89.9 Å². The molecule has 6 nitrogen and oxygen atoms in total. The van der Waals surface area contributed by atoms with Crippen molar-refractivity contribution in [2.24, 2.45) is 0 Å². The highest BCUT2D eigenvalue weighted by molar-refractivity contribution is 5.71. The summed E-state index contributed by atoms with van der Waals surface area (Å²) in [6.45, 7) is 6.03. The van der Waals surface area contributed by atoms with E-state index in [1.807, 2.05) is 103 Å². The van der Waals surface area contributed by atoms with Crippen LogP contribution in [0.2, 0.25) is 0 Å². The zero-order valence-electron chi connectivity index (χ0n) is 39.0. The molecule has 0 radical (unpaired) electrons. The number of carbonyl (C=O) groups excluding carboxylic acids is 3. The summed E-state index contributed by atoms with van der Waals surface area (Å²) >= 11 is 0. The van der Waals surface area contributed by atoms with Crippen molar-refractivity contribution >= 4 is 17.9 Å². The predicted molar refractivity (Wildman–Crippen MR) is 269 cm³/mol. The fourth-order valence-corrected chi connectivity index (χ4v) is 5.23. The lowest BCUT2D eigenvalue weighted by Gasteiger charge is -2.18. The number of rotatable bonds is 38. The number of allylic oxidation sites excluding steroid dienone is 30. The summed E-state index contributed by atoms with van der Waals surface area (Å²) in [5.74, 6) is -1.15. The largest absolute Gasteiger partial charge is 0.462 e. The van der Waals surface area contributed by atoms with Gasteiger partial charge in [0.2, 0.25) is 0 Å². The van der Waals surface area contributed by atoms with Gasteiger partial charge in [0.25, 0.3) is 0 Å². The average Bonchev–Trinajstić information content (AvgIpc) is 3.28. The third-order valence-corrected chi connectivity index (χ3v) is 8.64. The quantitative estimate of drug-likeness (QED) is 0.0202. The summed E-state index contributed by atoms with van der Waals surface area (Å²) in [6, 6.07) is 0. The Morgan fingerprint density at radius 3 is 1.10 bits per heavy atom. The minimum absolute atomic E-state index is 0.159. The molecule has 63 heavy (non-hydrogen) atoms. The number of hydrogen-bond donors (Lipinski definition) is 0. The molecule has 1 atom stereocenters. The van der Waals surface area contributed by atoms with E-state index in [1.54, 1.807) is 0 Å². The summed E-state index contributed by atoms with van der Waals surface area (Å²) < 4.78 is 16.6. The van der Waals surface area contributed by atoms with Crippen molar-refractivity contribution in [3.63, 3.8) is 0 Å². The van der Waals surface area contributed by atoms with Gasteiger partial charge in [0.15, 0.2) is 6.10 Å². The number of unbranched alkanes of at least 4 members (excludes halogenated alkanes) is 5. The van der Waals surface area contributed by atoms with Crippen molar-refractivity contribution in [2.75, 3.05) is 13.2 Å². The first-order valence-corrected chi connectivity index (χ1v) is 23.4. The molecule has 0 aliphatic rings. The van der Waals surface area contributed by atoms with Crippen molar-refractivity contribution in [1.29, 1.82) is 0 Å². The van der Waals surface area contributed by atoms with Gasteiger partial charge in [0.05, 0.1) is 0 Å². The van der Waals surface area contributed by atoms with Gasteiger partial charge < -0.3 is 14.2 Å². The molecule has 1 unspecified atom stereocenters. The standard InChI is InChI=1S/C57H80O6/c1-4-7-10-13-16-19-22-25-27-28-30-32-35-38-41-44-47-50-56(59)62-53-54(52-61-55(58)49-46-43-40-37-34-31-24-21-18-15-12-9-6-3)63-57(60)51-48-45-42-39-36-33-29-26-23-20-17-14-11-8-5-2/h7-12,14-21,23-27,29-34,36-38,40-41,54H,4-6,13,22,28,35,39,42-53H2,1-3H3/b10-7-,11-8-,12-9-,17-14-,18-15-,19-16-,23-20-,24-21-,27-25-,29-26-,32-30-,34-31-,36-33-,40-37-,41-38-. The maximum atomic E-state index is 12.7. The Labute approximate surface area is 383 Å². The molecular weight excluding hydrogens is 781 g/mol. The number of carbonyl (C=O) groups is 3. The summed E-state index contributed by atoms with van der Waals surface area (Å²) in [7, 11) is 0. The van der Waals surface area contributed by atoms with Gasteiger partial charge >= 0.3 is 17.9 Å². The molecule has 6 heteroatoms. The summed E-state index contributed by atoms with van der Waals surface area (Å²) in [4.78, 5) is 37.8. The monoisotopic (exact) mass is 861 g/mol. The molecule has 0 aromatic heterocycles. The maximum absolute atomic E-state index is 12.7. The molecule has 0 aliphatic carbocycles. The van der Waals surface area contributed by atoms with E-state index < -0.39 is 12.1 Å².